The Morgan fingerprint density at radius 1 is 1.05 bits per heavy atom. The second kappa shape index (κ2) is 9.37. The highest BCUT2D eigenvalue weighted by molar-refractivity contribution is 6.03. The van der Waals surface area contributed by atoms with Gasteiger partial charge in [-0.15, -0.1) is 0 Å². The third-order valence-electron chi connectivity index (χ3n) is 6.99. The summed E-state index contributed by atoms with van der Waals surface area (Å²) in [6.07, 6.45) is 8.98. The predicted molar refractivity (Wildman–Crippen MR) is 143 cm³/mol. The molecule has 0 saturated heterocycles. The van der Waals surface area contributed by atoms with Gasteiger partial charge in [0.25, 0.3) is 5.91 Å². The number of carbonyl (C=O) groups excluding carboxylic acids is 1. The number of pyridine rings is 2. The maximum absolute atomic E-state index is 13.1. The molecule has 0 atom stereocenters. The van der Waals surface area contributed by atoms with Gasteiger partial charge in [-0.3, -0.25) is 9.78 Å². The largest absolute Gasteiger partial charge is 0.339 e. The van der Waals surface area contributed by atoms with Crippen LogP contribution in [0.3, 0.4) is 0 Å². The molecule has 4 aromatic heterocycles. The van der Waals surface area contributed by atoms with E-state index >= 15 is 0 Å². The lowest BCUT2D eigenvalue weighted by molar-refractivity contribution is 0.102. The normalized spacial score (nSPS) is 13.9. The number of hydrogen-bond donors (Lipinski definition) is 3. The number of nitriles is 1. The van der Waals surface area contributed by atoms with Crippen LogP contribution in [0.1, 0.15) is 40.9 Å². The maximum atomic E-state index is 13.1. The van der Waals surface area contributed by atoms with Crippen LogP contribution >= 0.6 is 0 Å². The zero-order chi connectivity index (χ0) is 26.1. The Morgan fingerprint density at radius 2 is 1.95 bits per heavy atom. The van der Waals surface area contributed by atoms with Crippen LogP contribution in [0.4, 0.5) is 17.2 Å². The van der Waals surface area contributed by atoms with Gasteiger partial charge in [0.15, 0.2) is 5.65 Å². The van der Waals surface area contributed by atoms with Crippen molar-refractivity contribution in [2.75, 3.05) is 10.6 Å². The first-order chi connectivity index (χ1) is 18.6. The number of nitrogens with one attached hydrogen (secondary N) is 3. The fraction of sp³-hybridized carbons (Fsp3) is 0.179. The number of aryl methyl sites for hydroxylation is 1. The van der Waals surface area contributed by atoms with Gasteiger partial charge in [-0.1, -0.05) is 6.07 Å². The SMILES string of the molecule is Cc1ccc(NC(=O)c2cc(C3(C#N)CCC3)ccn2)cc1Nc1ncccc1-c1ncnc2[nH]cnc12. The second-order valence-electron chi connectivity index (χ2n) is 9.31. The van der Waals surface area contributed by atoms with Crippen LogP contribution in [-0.2, 0) is 5.41 Å². The van der Waals surface area contributed by atoms with Crippen molar-refractivity contribution in [3.8, 4) is 17.3 Å². The molecule has 10 nitrogen and oxygen atoms in total. The number of anilines is 3. The first-order valence-corrected chi connectivity index (χ1v) is 12.2. The number of fused-ring (bicyclic) bond motifs is 1. The molecule has 1 fully saturated rings. The minimum absolute atomic E-state index is 0.276. The average molecular weight is 502 g/mol. The first-order valence-electron chi connectivity index (χ1n) is 12.2. The van der Waals surface area contributed by atoms with E-state index in [4.69, 9.17) is 0 Å². The monoisotopic (exact) mass is 501 g/mol. The van der Waals surface area contributed by atoms with E-state index in [-0.39, 0.29) is 11.6 Å². The Balaban J connectivity index is 1.27. The molecule has 3 N–H and O–H groups in total. The smallest absolute Gasteiger partial charge is 0.274 e. The molecule has 10 heteroatoms. The summed E-state index contributed by atoms with van der Waals surface area (Å²) in [6.45, 7) is 1.97. The Hall–Kier alpha value is -5.17. The number of H-pyrrole nitrogens is 1. The highest BCUT2D eigenvalue weighted by Crippen LogP contribution is 2.43. The lowest BCUT2D eigenvalue weighted by atomic mass is 9.66. The highest BCUT2D eigenvalue weighted by Gasteiger charge is 2.39. The molecular weight excluding hydrogens is 478 g/mol. The summed E-state index contributed by atoms with van der Waals surface area (Å²) in [5.74, 6) is 0.258. The quantitative estimate of drug-likeness (QED) is 0.293. The molecule has 4 heterocycles. The number of benzene rings is 1. The zero-order valence-electron chi connectivity index (χ0n) is 20.6. The summed E-state index contributed by atoms with van der Waals surface area (Å²) >= 11 is 0. The van der Waals surface area contributed by atoms with Crippen molar-refractivity contribution in [3.63, 3.8) is 0 Å². The molecule has 0 spiro atoms. The molecule has 1 aliphatic rings. The molecule has 6 rings (SSSR count). The Kier molecular flexibility index (Phi) is 5.73. The Bertz CT molecular complexity index is 1720. The predicted octanol–water partition coefficient (Wildman–Crippen LogP) is 5.06. The van der Waals surface area contributed by atoms with Gasteiger partial charge >= 0.3 is 0 Å². The van der Waals surface area contributed by atoms with E-state index in [1.54, 1.807) is 24.8 Å². The Morgan fingerprint density at radius 3 is 2.76 bits per heavy atom. The Labute approximate surface area is 218 Å². The minimum atomic E-state index is -0.509. The van der Waals surface area contributed by atoms with E-state index in [1.165, 1.54) is 6.33 Å². The summed E-state index contributed by atoms with van der Waals surface area (Å²) in [5.41, 5.74) is 5.66. The molecule has 1 amide bonds. The van der Waals surface area contributed by atoms with Gasteiger partial charge in [-0.2, -0.15) is 5.26 Å². The lowest BCUT2D eigenvalue weighted by Crippen LogP contribution is -2.32. The molecule has 0 bridgehead atoms. The molecular formula is C28H23N9O. The van der Waals surface area contributed by atoms with E-state index in [0.717, 1.165) is 41.6 Å². The number of nitrogens with zero attached hydrogens (tertiary/aromatic N) is 6. The van der Waals surface area contributed by atoms with Crippen molar-refractivity contribution < 1.29 is 4.79 Å². The van der Waals surface area contributed by atoms with E-state index in [2.05, 4.69) is 46.6 Å². The van der Waals surface area contributed by atoms with Crippen LogP contribution in [0.15, 0.2) is 67.5 Å². The van der Waals surface area contributed by atoms with Gasteiger partial charge in [0.05, 0.1) is 17.8 Å². The van der Waals surface area contributed by atoms with Crippen molar-refractivity contribution in [1.82, 2.24) is 29.9 Å². The van der Waals surface area contributed by atoms with E-state index in [1.807, 2.05) is 43.3 Å². The van der Waals surface area contributed by atoms with Crippen LogP contribution in [0.5, 0.6) is 0 Å². The summed E-state index contributed by atoms with van der Waals surface area (Å²) in [6, 6.07) is 15.3. The molecule has 5 aromatic rings. The van der Waals surface area contributed by atoms with E-state index < -0.39 is 5.41 Å². The first kappa shape index (κ1) is 23.2. The third-order valence-corrected chi connectivity index (χ3v) is 6.99. The molecule has 1 saturated carbocycles. The van der Waals surface area contributed by atoms with Crippen molar-refractivity contribution in [2.24, 2.45) is 0 Å². The number of rotatable bonds is 6. The number of carbonyl (C=O) groups is 1. The summed E-state index contributed by atoms with van der Waals surface area (Å²) in [7, 11) is 0. The van der Waals surface area contributed by atoms with Gasteiger partial charge < -0.3 is 15.6 Å². The lowest BCUT2D eigenvalue weighted by Gasteiger charge is -2.35. The average Bonchev–Trinajstić information content (AvgIpc) is 3.40. The van der Waals surface area contributed by atoms with Gasteiger partial charge in [-0.25, -0.2) is 19.9 Å². The fourth-order valence-electron chi connectivity index (χ4n) is 4.66. The summed E-state index contributed by atoms with van der Waals surface area (Å²) in [4.78, 5) is 37.9. The maximum Gasteiger partial charge on any atom is 0.274 e. The minimum Gasteiger partial charge on any atom is -0.339 e. The van der Waals surface area contributed by atoms with Gasteiger partial charge in [-0.05, 0) is 73.7 Å². The van der Waals surface area contributed by atoms with Crippen LogP contribution in [-0.4, -0.2) is 35.8 Å². The van der Waals surface area contributed by atoms with Crippen LogP contribution in [0, 0.1) is 18.3 Å². The molecule has 1 aliphatic carbocycles. The zero-order valence-corrected chi connectivity index (χ0v) is 20.6. The fourth-order valence-corrected chi connectivity index (χ4v) is 4.66. The number of aromatic nitrogens is 6. The number of amides is 1. The molecule has 0 unspecified atom stereocenters. The number of aromatic amines is 1. The molecule has 1 aromatic carbocycles. The second-order valence-corrected chi connectivity index (χ2v) is 9.31. The highest BCUT2D eigenvalue weighted by atomic mass is 16.1. The number of imidazole rings is 1. The van der Waals surface area contributed by atoms with Crippen molar-refractivity contribution in [2.45, 2.75) is 31.6 Å². The van der Waals surface area contributed by atoms with Gasteiger partial charge in [0.2, 0.25) is 0 Å². The molecule has 38 heavy (non-hydrogen) atoms. The third kappa shape index (κ3) is 4.10. The molecule has 186 valence electrons. The van der Waals surface area contributed by atoms with Crippen LogP contribution in [0.25, 0.3) is 22.4 Å². The topological polar surface area (TPSA) is 145 Å². The summed E-state index contributed by atoms with van der Waals surface area (Å²) in [5, 5.41) is 16.0. The van der Waals surface area contributed by atoms with Crippen molar-refractivity contribution >= 4 is 34.3 Å². The van der Waals surface area contributed by atoms with Crippen molar-refractivity contribution in [1.29, 1.82) is 5.26 Å². The van der Waals surface area contributed by atoms with Crippen molar-refractivity contribution in [3.05, 3.63) is 84.3 Å². The van der Waals surface area contributed by atoms with E-state index in [0.29, 0.717) is 28.4 Å². The van der Waals surface area contributed by atoms with E-state index in [9.17, 15) is 10.1 Å². The molecule has 0 aliphatic heterocycles. The van der Waals surface area contributed by atoms with Gasteiger partial charge in [0.1, 0.15) is 29.0 Å². The van der Waals surface area contributed by atoms with Crippen LogP contribution < -0.4 is 10.6 Å². The number of hydrogen-bond acceptors (Lipinski definition) is 8. The van der Waals surface area contributed by atoms with Crippen LogP contribution in [0.2, 0.25) is 0 Å². The standard InChI is InChI=1S/C28H23N9O/c1-17-5-6-19(36-27(38)22-12-18(7-11-30-22)28(14-29)8-3-9-28)13-21(17)37-25-20(4-2-10-31-25)23-24-26(34-15-32-23)35-16-33-24/h2,4-7,10-13,15-16H,3,8-9H2,1H3,(H,31,37)(H,36,38)(H,32,33,34,35). The van der Waals surface area contributed by atoms with Gasteiger partial charge in [0, 0.05) is 29.3 Å². The summed E-state index contributed by atoms with van der Waals surface area (Å²) < 4.78 is 0. The molecule has 0 radical (unpaired) electrons.